The highest BCUT2D eigenvalue weighted by molar-refractivity contribution is 5.72. The van der Waals surface area contributed by atoms with Gasteiger partial charge >= 0.3 is 5.97 Å². The molecule has 1 atom stereocenters. The molecule has 2 heteroatoms. The van der Waals surface area contributed by atoms with Gasteiger partial charge in [-0.05, 0) is 18.8 Å². The molecule has 216 valence electrons. The molecular formula is C34H68O2. The van der Waals surface area contributed by atoms with Crippen molar-refractivity contribution in [2.45, 2.75) is 195 Å². The molecule has 0 spiro atoms. The summed E-state index contributed by atoms with van der Waals surface area (Å²) in [6.07, 6.45) is 35.0. The zero-order chi connectivity index (χ0) is 26.5. The highest BCUT2D eigenvalue weighted by atomic mass is 16.5. The molecule has 0 aliphatic heterocycles. The first-order chi connectivity index (χ1) is 17.6. The van der Waals surface area contributed by atoms with Crippen molar-refractivity contribution in [3.63, 3.8) is 0 Å². The molecule has 0 aromatic heterocycles. The van der Waals surface area contributed by atoms with Gasteiger partial charge in [0.05, 0.1) is 12.5 Å². The van der Waals surface area contributed by atoms with E-state index in [0.29, 0.717) is 12.5 Å². The fourth-order valence-corrected chi connectivity index (χ4v) is 5.21. The third-order valence-corrected chi connectivity index (χ3v) is 7.70. The van der Waals surface area contributed by atoms with Crippen molar-refractivity contribution in [2.75, 3.05) is 6.61 Å². The Kier molecular flexibility index (Phi) is 28.6. The maximum atomic E-state index is 12.7. The van der Waals surface area contributed by atoms with Crippen LogP contribution in [0.3, 0.4) is 0 Å². The summed E-state index contributed by atoms with van der Waals surface area (Å²) in [6.45, 7) is 9.40. The maximum absolute atomic E-state index is 12.7. The Labute approximate surface area is 228 Å². The van der Waals surface area contributed by atoms with E-state index < -0.39 is 0 Å². The lowest BCUT2D eigenvalue weighted by Crippen LogP contribution is -2.20. The Morgan fingerprint density at radius 1 is 0.472 bits per heavy atom. The van der Waals surface area contributed by atoms with Crippen LogP contribution in [-0.4, -0.2) is 12.6 Å². The van der Waals surface area contributed by atoms with Crippen molar-refractivity contribution >= 4 is 5.97 Å². The van der Waals surface area contributed by atoms with Gasteiger partial charge in [-0.2, -0.15) is 0 Å². The summed E-state index contributed by atoms with van der Waals surface area (Å²) >= 11 is 0. The van der Waals surface area contributed by atoms with Gasteiger partial charge in [-0.25, -0.2) is 0 Å². The zero-order valence-electron chi connectivity index (χ0n) is 25.6. The van der Waals surface area contributed by atoms with E-state index in [0.717, 1.165) is 12.8 Å². The van der Waals surface area contributed by atoms with Crippen LogP contribution in [0.15, 0.2) is 0 Å². The topological polar surface area (TPSA) is 26.3 Å². The van der Waals surface area contributed by atoms with E-state index in [1.54, 1.807) is 0 Å². The van der Waals surface area contributed by atoms with Crippen LogP contribution in [0.1, 0.15) is 195 Å². The number of carbonyl (C=O) groups excluding carboxylic acids is 1. The Morgan fingerprint density at radius 3 is 1.03 bits per heavy atom. The van der Waals surface area contributed by atoms with Crippen molar-refractivity contribution in [2.24, 2.45) is 11.8 Å². The third-order valence-electron chi connectivity index (χ3n) is 7.70. The van der Waals surface area contributed by atoms with E-state index in [9.17, 15) is 4.79 Å². The number of esters is 1. The number of hydrogen-bond acceptors (Lipinski definition) is 2. The van der Waals surface area contributed by atoms with Crippen LogP contribution in [0.4, 0.5) is 0 Å². The van der Waals surface area contributed by atoms with Gasteiger partial charge in [0.25, 0.3) is 0 Å². The van der Waals surface area contributed by atoms with Crippen molar-refractivity contribution in [1.29, 1.82) is 0 Å². The van der Waals surface area contributed by atoms with Crippen molar-refractivity contribution in [3.8, 4) is 0 Å². The number of rotatable bonds is 29. The first-order valence-corrected chi connectivity index (χ1v) is 16.8. The van der Waals surface area contributed by atoms with E-state index in [1.165, 1.54) is 154 Å². The van der Waals surface area contributed by atoms with Crippen LogP contribution in [0.2, 0.25) is 0 Å². The Hall–Kier alpha value is -0.530. The summed E-state index contributed by atoms with van der Waals surface area (Å²) in [4.78, 5) is 12.7. The Balaban J connectivity index is 3.82. The maximum Gasteiger partial charge on any atom is 0.308 e. The average molecular weight is 509 g/mol. The molecule has 0 rings (SSSR count). The van der Waals surface area contributed by atoms with E-state index in [-0.39, 0.29) is 11.9 Å². The zero-order valence-corrected chi connectivity index (χ0v) is 25.6. The van der Waals surface area contributed by atoms with Crippen LogP contribution in [0.5, 0.6) is 0 Å². The summed E-state index contributed by atoms with van der Waals surface area (Å²) in [5, 5.41) is 0. The van der Waals surface area contributed by atoms with Crippen LogP contribution in [0, 0.1) is 11.8 Å². The largest absolute Gasteiger partial charge is 0.465 e. The summed E-state index contributed by atoms with van der Waals surface area (Å²) < 4.78 is 5.64. The predicted octanol–water partition coefficient (Wildman–Crippen LogP) is 12.0. The SMILES string of the molecule is CCCCCCCCCCCCCCCCC(CCCCCCCCCCCC)C(=O)OCC(C)C. The minimum absolute atomic E-state index is 0.0781. The molecule has 0 fully saturated rings. The second kappa shape index (κ2) is 29.0. The average Bonchev–Trinajstić information content (AvgIpc) is 2.87. The predicted molar refractivity (Wildman–Crippen MR) is 161 cm³/mol. The minimum atomic E-state index is 0.0781. The lowest BCUT2D eigenvalue weighted by molar-refractivity contribution is -0.150. The molecule has 0 radical (unpaired) electrons. The van der Waals surface area contributed by atoms with Gasteiger partial charge in [-0.3, -0.25) is 4.79 Å². The van der Waals surface area contributed by atoms with Gasteiger partial charge in [0.15, 0.2) is 0 Å². The van der Waals surface area contributed by atoms with E-state index in [4.69, 9.17) is 4.74 Å². The molecule has 0 N–H and O–H groups in total. The molecule has 0 aromatic rings. The van der Waals surface area contributed by atoms with Crippen molar-refractivity contribution < 1.29 is 9.53 Å². The summed E-state index contributed by atoms with van der Waals surface area (Å²) in [7, 11) is 0. The Morgan fingerprint density at radius 2 is 0.750 bits per heavy atom. The normalized spacial score (nSPS) is 12.4. The first kappa shape index (κ1) is 35.5. The molecule has 0 saturated heterocycles. The van der Waals surface area contributed by atoms with E-state index in [2.05, 4.69) is 27.7 Å². The lowest BCUT2D eigenvalue weighted by Gasteiger charge is -2.17. The first-order valence-electron chi connectivity index (χ1n) is 16.8. The number of hydrogen-bond donors (Lipinski definition) is 0. The highest BCUT2D eigenvalue weighted by Gasteiger charge is 2.19. The summed E-state index contributed by atoms with van der Waals surface area (Å²) in [5.41, 5.74) is 0. The molecule has 0 aliphatic carbocycles. The molecule has 0 saturated carbocycles. The van der Waals surface area contributed by atoms with Gasteiger partial charge in [0.1, 0.15) is 0 Å². The molecule has 0 bridgehead atoms. The smallest absolute Gasteiger partial charge is 0.308 e. The number of ether oxygens (including phenoxy) is 1. The molecule has 0 aromatic carbocycles. The van der Waals surface area contributed by atoms with E-state index in [1.807, 2.05) is 0 Å². The van der Waals surface area contributed by atoms with Gasteiger partial charge < -0.3 is 4.74 Å². The van der Waals surface area contributed by atoms with Gasteiger partial charge in [-0.15, -0.1) is 0 Å². The van der Waals surface area contributed by atoms with Gasteiger partial charge in [-0.1, -0.05) is 182 Å². The van der Waals surface area contributed by atoms with Crippen LogP contribution < -0.4 is 0 Å². The highest BCUT2D eigenvalue weighted by Crippen LogP contribution is 2.21. The molecule has 0 aliphatic rings. The molecule has 36 heavy (non-hydrogen) atoms. The second-order valence-electron chi connectivity index (χ2n) is 12.1. The lowest BCUT2D eigenvalue weighted by atomic mass is 9.94. The Bertz CT molecular complexity index is 431. The van der Waals surface area contributed by atoms with E-state index >= 15 is 0 Å². The quantitative estimate of drug-likeness (QED) is 0.0741. The summed E-state index contributed by atoms with van der Waals surface area (Å²) in [6, 6.07) is 0. The van der Waals surface area contributed by atoms with Gasteiger partial charge in [0.2, 0.25) is 0 Å². The molecule has 0 heterocycles. The third kappa shape index (κ3) is 26.5. The second-order valence-corrected chi connectivity index (χ2v) is 12.1. The van der Waals surface area contributed by atoms with Gasteiger partial charge in [0, 0.05) is 0 Å². The van der Waals surface area contributed by atoms with Crippen LogP contribution in [-0.2, 0) is 9.53 Å². The van der Waals surface area contributed by atoms with Crippen molar-refractivity contribution in [1.82, 2.24) is 0 Å². The molecule has 1 unspecified atom stereocenters. The van der Waals surface area contributed by atoms with Crippen LogP contribution >= 0.6 is 0 Å². The fraction of sp³-hybridized carbons (Fsp3) is 0.971. The number of carbonyl (C=O) groups is 1. The molecular weight excluding hydrogens is 440 g/mol. The fourth-order valence-electron chi connectivity index (χ4n) is 5.21. The van der Waals surface area contributed by atoms with Crippen molar-refractivity contribution in [3.05, 3.63) is 0 Å². The standard InChI is InChI=1S/C34H68O2/c1-5-7-9-11-13-15-17-18-19-20-22-24-26-28-30-33(34(35)36-31-32(3)4)29-27-25-23-21-16-14-12-10-8-6-2/h32-33H,5-31H2,1-4H3. The van der Waals surface area contributed by atoms with Crippen LogP contribution in [0.25, 0.3) is 0 Å². The molecule has 2 nitrogen and oxygen atoms in total. The molecule has 0 amide bonds. The summed E-state index contributed by atoms with van der Waals surface area (Å²) in [5.74, 6) is 0.637. The minimum Gasteiger partial charge on any atom is -0.465 e. The monoisotopic (exact) mass is 509 g/mol. The number of unbranched alkanes of at least 4 members (excludes halogenated alkanes) is 22.